The third-order valence-corrected chi connectivity index (χ3v) is 8.14. The van der Waals surface area contributed by atoms with Gasteiger partial charge in [-0.3, -0.25) is 4.90 Å². The average Bonchev–Trinajstić information content (AvgIpc) is 3.05. The van der Waals surface area contributed by atoms with E-state index in [0.29, 0.717) is 13.1 Å². The third-order valence-electron chi connectivity index (χ3n) is 8.14. The van der Waals surface area contributed by atoms with Gasteiger partial charge < -0.3 is 25.2 Å². The largest absolute Gasteiger partial charge is 0.392 e. The zero-order valence-corrected chi connectivity index (χ0v) is 25.8. The summed E-state index contributed by atoms with van der Waals surface area (Å²) in [5.74, 6) is 0.111. The maximum atomic E-state index is 11.8. The van der Waals surface area contributed by atoms with Crippen molar-refractivity contribution in [3.63, 3.8) is 0 Å². The number of carbonyl (C=O) groups excluding carboxylic acids is 1. The van der Waals surface area contributed by atoms with Crippen molar-refractivity contribution in [1.29, 1.82) is 0 Å². The van der Waals surface area contributed by atoms with Gasteiger partial charge in [0, 0.05) is 37.7 Å². The highest BCUT2D eigenvalue weighted by Gasteiger charge is 2.38. The lowest BCUT2D eigenvalue weighted by molar-refractivity contribution is -0.276. The van der Waals surface area contributed by atoms with E-state index in [1.165, 1.54) is 5.56 Å². The standard InChI is InChI=1S/C37H43N3O4/c1-4-38-37(42)39-22-29-11-8-12-33(21-29)30-17-19-32(20-18-30)36-43-34(24-40(3)23-27-9-6-5-7-10-27)26(2)35(44-36)31-15-13-28(25-41)14-16-31/h5-21,26,34-36,41H,4,22-25H2,1-3H3,(H2,38,39,42)/t26-,34+,35+,36+/m1/s1. The minimum atomic E-state index is -0.523. The van der Waals surface area contributed by atoms with E-state index in [9.17, 15) is 9.90 Å². The normalized spacial score (nSPS) is 19.9. The molecule has 7 heteroatoms. The molecule has 0 spiro atoms. The minimum absolute atomic E-state index is 0.0138. The number of amides is 2. The van der Waals surface area contributed by atoms with Crippen LogP contribution in [0.1, 0.15) is 54.1 Å². The lowest BCUT2D eigenvalue weighted by atomic mass is 9.90. The van der Waals surface area contributed by atoms with E-state index in [0.717, 1.165) is 46.5 Å². The molecule has 0 bridgehead atoms. The number of carbonyl (C=O) groups is 1. The van der Waals surface area contributed by atoms with Crippen molar-refractivity contribution < 1.29 is 19.4 Å². The molecule has 0 unspecified atom stereocenters. The summed E-state index contributed by atoms with van der Waals surface area (Å²) < 4.78 is 13.3. The number of ether oxygens (including phenoxy) is 2. The van der Waals surface area contributed by atoms with Crippen LogP contribution in [0.15, 0.2) is 103 Å². The molecule has 2 amide bonds. The van der Waals surface area contributed by atoms with Crippen LogP contribution in [0, 0.1) is 5.92 Å². The Balaban J connectivity index is 1.34. The summed E-state index contributed by atoms with van der Waals surface area (Å²) in [5, 5.41) is 15.2. The van der Waals surface area contributed by atoms with Crippen molar-refractivity contribution in [2.24, 2.45) is 5.92 Å². The van der Waals surface area contributed by atoms with Crippen molar-refractivity contribution in [3.05, 3.63) is 131 Å². The first kappa shape index (κ1) is 31.4. The van der Waals surface area contributed by atoms with Gasteiger partial charge in [-0.2, -0.15) is 0 Å². The van der Waals surface area contributed by atoms with Crippen molar-refractivity contribution in [2.45, 2.75) is 52.0 Å². The van der Waals surface area contributed by atoms with Crippen LogP contribution in [0.25, 0.3) is 11.1 Å². The molecule has 0 radical (unpaired) electrons. The molecule has 230 valence electrons. The smallest absolute Gasteiger partial charge is 0.315 e. The summed E-state index contributed by atoms with van der Waals surface area (Å²) in [5.41, 5.74) is 7.37. The Hall–Kier alpha value is -4.01. The first-order chi connectivity index (χ1) is 21.4. The molecule has 1 aliphatic rings. The maximum absolute atomic E-state index is 11.8. The summed E-state index contributed by atoms with van der Waals surface area (Å²) >= 11 is 0. The van der Waals surface area contributed by atoms with Gasteiger partial charge in [-0.1, -0.05) is 104 Å². The fraction of sp³-hybridized carbons (Fsp3) is 0.324. The zero-order chi connectivity index (χ0) is 30.9. The summed E-state index contributed by atoms with van der Waals surface area (Å²) in [6.07, 6.45) is -0.741. The number of nitrogens with zero attached hydrogens (tertiary/aromatic N) is 1. The molecule has 5 rings (SSSR count). The number of aliphatic hydroxyl groups is 1. The molecular formula is C37H43N3O4. The van der Waals surface area contributed by atoms with Gasteiger partial charge in [-0.05, 0) is 53.4 Å². The average molecular weight is 594 g/mol. The quantitative estimate of drug-likeness (QED) is 0.183. The van der Waals surface area contributed by atoms with E-state index in [2.05, 4.69) is 102 Å². The molecule has 7 nitrogen and oxygen atoms in total. The molecule has 4 aromatic carbocycles. The zero-order valence-electron chi connectivity index (χ0n) is 25.8. The van der Waals surface area contributed by atoms with Crippen LogP contribution in [-0.2, 0) is 29.2 Å². The van der Waals surface area contributed by atoms with E-state index in [4.69, 9.17) is 9.47 Å². The van der Waals surface area contributed by atoms with Gasteiger partial charge in [0.05, 0.1) is 18.8 Å². The lowest BCUT2D eigenvalue weighted by Gasteiger charge is -2.42. The van der Waals surface area contributed by atoms with Crippen molar-refractivity contribution >= 4 is 6.03 Å². The van der Waals surface area contributed by atoms with E-state index < -0.39 is 6.29 Å². The van der Waals surface area contributed by atoms with Gasteiger partial charge in [0.15, 0.2) is 6.29 Å². The van der Waals surface area contributed by atoms with E-state index >= 15 is 0 Å². The highest BCUT2D eigenvalue weighted by atomic mass is 16.7. The second-order valence-electron chi connectivity index (χ2n) is 11.5. The van der Waals surface area contributed by atoms with Gasteiger partial charge in [-0.15, -0.1) is 0 Å². The summed E-state index contributed by atoms with van der Waals surface area (Å²) in [4.78, 5) is 14.1. The minimum Gasteiger partial charge on any atom is -0.392 e. The summed E-state index contributed by atoms with van der Waals surface area (Å²) in [7, 11) is 2.13. The van der Waals surface area contributed by atoms with Crippen LogP contribution in [0.5, 0.6) is 0 Å². The first-order valence-corrected chi connectivity index (χ1v) is 15.4. The number of likely N-dealkylation sites (N-methyl/N-ethyl adjacent to an activating group) is 1. The van der Waals surface area contributed by atoms with E-state index in [1.807, 2.05) is 37.3 Å². The molecule has 1 saturated heterocycles. The highest BCUT2D eigenvalue weighted by Crippen LogP contribution is 2.42. The van der Waals surface area contributed by atoms with Crippen LogP contribution in [0.3, 0.4) is 0 Å². The number of hydrogen-bond acceptors (Lipinski definition) is 5. The Bertz CT molecular complexity index is 1480. The molecule has 0 saturated carbocycles. The molecule has 4 atom stereocenters. The molecule has 4 aromatic rings. The van der Waals surface area contributed by atoms with Crippen LogP contribution in [-0.4, -0.2) is 42.3 Å². The van der Waals surface area contributed by atoms with Gasteiger partial charge in [0.1, 0.15) is 0 Å². The van der Waals surface area contributed by atoms with Gasteiger partial charge in [0.2, 0.25) is 0 Å². The Morgan fingerprint density at radius 3 is 2.20 bits per heavy atom. The number of rotatable bonds is 11. The molecular weight excluding hydrogens is 550 g/mol. The topological polar surface area (TPSA) is 83.1 Å². The highest BCUT2D eigenvalue weighted by molar-refractivity contribution is 5.73. The van der Waals surface area contributed by atoms with Crippen molar-refractivity contribution in [1.82, 2.24) is 15.5 Å². The van der Waals surface area contributed by atoms with E-state index in [1.54, 1.807) is 0 Å². The molecule has 44 heavy (non-hydrogen) atoms. The first-order valence-electron chi connectivity index (χ1n) is 15.4. The Kier molecular flexibility index (Phi) is 10.8. The molecule has 1 fully saturated rings. The SMILES string of the molecule is CCNC(=O)NCc1cccc(-c2ccc([C@H]3O[C@@H](CN(C)Cc4ccccc4)[C@@H](C)[C@@H](c4ccc(CO)cc4)O3)cc2)c1. The molecule has 1 heterocycles. The van der Waals surface area contributed by atoms with Crippen LogP contribution < -0.4 is 10.6 Å². The summed E-state index contributed by atoms with van der Waals surface area (Å²) in [6.45, 7) is 6.75. The van der Waals surface area contributed by atoms with Crippen molar-refractivity contribution in [2.75, 3.05) is 20.1 Å². The molecule has 0 aromatic heterocycles. The fourth-order valence-corrected chi connectivity index (χ4v) is 5.69. The number of benzene rings is 4. The Labute approximate surface area is 260 Å². The Morgan fingerprint density at radius 1 is 0.795 bits per heavy atom. The third kappa shape index (κ3) is 8.12. The second-order valence-corrected chi connectivity index (χ2v) is 11.5. The van der Waals surface area contributed by atoms with Crippen LogP contribution >= 0.6 is 0 Å². The fourth-order valence-electron chi connectivity index (χ4n) is 5.69. The second kappa shape index (κ2) is 15.1. The number of urea groups is 1. The predicted octanol–water partition coefficient (Wildman–Crippen LogP) is 6.59. The van der Waals surface area contributed by atoms with Crippen LogP contribution in [0.4, 0.5) is 4.79 Å². The Morgan fingerprint density at radius 2 is 1.50 bits per heavy atom. The summed E-state index contributed by atoms with van der Waals surface area (Å²) in [6, 6.07) is 34.9. The molecule has 3 N–H and O–H groups in total. The number of nitrogens with one attached hydrogen (secondary N) is 2. The lowest BCUT2D eigenvalue weighted by Crippen LogP contribution is -2.43. The predicted molar refractivity (Wildman–Crippen MR) is 174 cm³/mol. The maximum Gasteiger partial charge on any atom is 0.315 e. The van der Waals surface area contributed by atoms with Crippen molar-refractivity contribution in [3.8, 4) is 11.1 Å². The monoisotopic (exact) mass is 593 g/mol. The van der Waals surface area contributed by atoms with Gasteiger partial charge >= 0.3 is 6.03 Å². The van der Waals surface area contributed by atoms with Crippen LogP contribution in [0.2, 0.25) is 0 Å². The molecule has 1 aliphatic heterocycles. The van der Waals surface area contributed by atoms with Gasteiger partial charge in [0.25, 0.3) is 0 Å². The molecule has 0 aliphatic carbocycles. The number of aliphatic hydroxyl groups excluding tert-OH is 1. The van der Waals surface area contributed by atoms with Gasteiger partial charge in [-0.25, -0.2) is 4.79 Å². The van der Waals surface area contributed by atoms with E-state index in [-0.39, 0.29) is 30.8 Å². The number of hydrogen-bond donors (Lipinski definition) is 3.